The monoisotopic (exact) mass is 266 g/mol. The Morgan fingerprint density at radius 3 is 2.95 bits per heavy atom. The molecule has 2 N–H and O–H groups in total. The zero-order chi connectivity index (χ0) is 14.0. The van der Waals surface area contributed by atoms with Crippen molar-refractivity contribution in [2.45, 2.75) is 32.2 Å². The zero-order valence-electron chi connectivity index (χ0n) is 11.3. The van der Waals surface area contributed by atoms with Crippen molar-refractivity contribution in [3.63, 3.8) is 0 Å². The molecule has 19 heavy (non-hydrogen) atoms. The second-order valence-electron chi connectivity index (χ2n) is 4.78. The van der Waals surface area contributed by atoms with Crippen LogP contribution >= 0.6 is 0 Å². The van der Waals surface area contributed by atoms with Gasteiger partial charge in [0.15, 0.2) is 0 Å². The first-order chi connectivity index (χ1) is 9.08. The molecule has 1 heterocycles. The van der Waals surface area contributed by atoms with Gasteiger partial charge in [0.2, 0.25) is 0 Å². The summed E-state index contributed by atoms with van der Waals surface area (Å²) in [5.74, 6) is -0.920. The van der Waals surface area contributed by atoms with Crippen LogP contribution in [0, 0.1) is 5.82 Å². The van der Waals surface area contributed by atoms with Gasteiger partial charge in [-0.1, -0.05) is 6.92 Å². The molecule has 1 saturated heterocycles. The van der Waals surface area contributed by atoms with Gasteiger partial charge >= 0.3 is 5.97 Å². The quantitative estimate of drug-likeness (QED) is 0.675. The SMILES string of the molecule is CCC1CCCN1c1cc(C(=O)OC)c(N)cc1F. The first-order valence-corrected chi connectivity index (χ1v) is 6.52. The van der Waals surface area contributed by atoms with Gasteiger partial charge in [-0.25, -0.2) is 9.18 Å². The fraction of sp³-hybridized carbons (Fsp3) is 0.500. The number of rotatable bonds is 3. The molecule has 0 amide bonds. The van der Waals surface area contributed by atoms with E-state index in [1.165, 1.54) is 19.2 Å². The molecule has 0 radical (unpaired) electrons. The summed E-state index contributed by atoms with van der Waals surface area (Å²) in [6, 6.07) is 3.03. The van der Waals surface area contributed by atoms with Crippen LogP contribution < -0.4 is 10.6 Å². The molecule has 1 aromatic rings. The molecule has 1 aliphatic heterocycles. The highest BCUT2D eigenvalue weighted by Gasteiger charge is 2.27. The second-order valence-corrected chi connectivity index (χ2v) is 4.78. The van der Waals surface area contributed by atoms with Gasteiger partial charge in [0.1, 0.15) is 5.82 Å². The standard InChI is InChI=1S/C14H19FN2O2/c1-3-9-5-4-6-17(9)13-7-10(14(18)19-2)12(16)8-11(13)15/h7-9H,3-6,16H2,1-2H3. The normalized spacial score (nSPS) is 18.7. The number of ether oxygens (including phenoxy) is 1. The van der Waals surface area contributed by atoms with E-state index >= 15 is 0 Å². The molecule has 1 fully saturated rings. The van der Waals surface area contributed by atoms with Crippen LogP contribution in [0.5, 0.6) is 0 Å². The van der Waals surface area contributed by atoms with Crippen LogP contribution in [0.25, 0.3) is 0 Å². The first kappa shape index (κ1) is 13.6. The van der Waals surface area contributed by atoms with Crippen molar-refractivity contribution in [2.24, 2.45) is 0 Å². The summed E-state index contributed by atoms with van der Waals surface area (Å²) in [6.45, 7) is 2.89. The highest BCUT2D eigenvalue weighted by molar-refractivity contribution is 5.96. The number of methoxy groups -OCH3 is 1. The maximum absolute atomic E-state index is 14.1. The van der Waals surface area contributed by atoms with E-state index in [0.717, 1.165) is 25.8 Å². The van der Waals surface area contributed by atoms with Gasteiger partial charge in [0.05, 0.1) is 18.4 Å². The van der Waals surface area contributed by atoms with Crippen molar-refractivity contribution in [3.8, 4) is 0 Å². The van der Waals surface area contributed by atoms with Gasteiger partial charge in [-0.05, 0) is 31.4 Å². The highest BCUT2D eigenvalue weighted by atomic mass is 19.1. The number of esters is 1. The lowest BCUT2D eigenvalue weighted by molar-refractivity contribution is 0.0602. The Hall–Kier alpha value is -1.78. The van der Waals surface area contributed by atoms with Crippen LogP contribution in [-0.2, 0) is 4.74 Å². The van der Waals surface area contributed by atoms with E-state index in [9.17, 15) is 9.18 Å². The molecular formula is C14H19FN2O2. The van der Waals surface area contributed by atoms with E-state index in [1.54, 1.807) is 0 Å². The van der Waals surface area contributed by atoms with E-state index in [2.05, 4.69) is 11.7 Å². The van der Waals surface area contributed by atoms with Crippen molar-refractivity contribution in [1.29, 1.82) is 0 Å². The number of nitrogen functional groups attached to an aromatic ring is 1. The zero-order valence-corrected chi connectivity index (χ0v) is 11.3. The largest absolute Gasteiger partial charge is 0.465 e. The van der Waals surface area contributed by atoms with Gasteiger partial charge in [-0.3, -0.25) is 0 Å². The summed E-state index contributed by atoms with van der Waals surface area (Å²) in [5, 5.41) is 0. The minimum Gasteiger partial charge on any atom is -0.465 e. The van der Waals surface area contributed by atoms with E-state index in [0.29, 0.717) is 11.7 Å². The summed E-state index contributed by atoms with van der Waals surface area (Å²) in [5.41, 5.74) is 6.45. The lowest BCUT2D eigenvalue weighted by Gasteiger charge is -2.27. The van der Waals surface area contributed by atoms with Gasteiger partial charge < -0.3 is 15.4 Å². The first-order valence-electron chi connectivity index (χ1n) is 6.52. The van der Waals surface area contributed by atoms with E-state index in [4.69, 9.17) is 5.73 Å². The molecule has 0 saturated carbocycles. The predicted molar refractivity (Wildman–Crippen MR) is 72.8 cm³/mol. The van der Waals surface area contributed by atoms with Crippen LogP contribution in [0.1, 0.15) is 36.5 Å². The Balaban J connectivity index is 2.42. The Kier molecular flexibility index (Phi) is 3.93. The average Bonchev–Trinajstić information content (AvgIpc) is 2.86. The van der Waals surface area contributed by atoms with Gasteiger partial charge in [0.25, 0.3) is 0 Å². The molecule has 0 bridgehead atoms. The number of benzene rings is 1. The molecule has 104 valence electrons. The smallest absolute Gasteiger partial charge is 0.340 e. The molecular weight excluding hydrogens is 247 g/mol. The Bertz CT molecular complexity index is 491. The minimum atomic E-state index is -0.536. The Morgan fingerprint density at radius 1 is 1.58 bits per heavy atom. The number of halogens is 1. The highest BCUT2D eigenvalue weighted by Crippen LogP contribution is 2.32. The second kappa shape index (κ2) is 5.47. The maximum atomic E-state index is 14.1. The van der Waals surface area contributed by atoms with Crippen molar-refractivity contribution < 1.29 is 13.9 Å². The number of carbonyl (C=O) groups excluding carboxylic acids is 1. The Labute approximate surface area is 112 Å². The third-order valence-corrected chi connectivity index (χ3v) is 3.68. The molecule has 1 unspecified atom stereocenters. The van der Waals surface area contributed by atoms with Crippen molar-refractivity contribution in [2.75, 3.05) is 24.3 Å². The van der Waals surface area contributed by atoms with Crippen molar-refractivity contribution >= 4 is 17.3 Å². The topological polar surface area (TPSA) is 55.6 Å². The van der Waals surface area contributed by atoms with E-state index < -0.39 is 5.97 Å². The number of anilines is 2. The summed E-state index contributed by atoms with van der Waals surface area (Å²) in [7, 11) is 1.29. The molecule has 1 atom stereocenters. The lowest BCUT2D eigenvalue weighted by Crippen LogP contribution is -2.29. The lowest BCUT2D eigenvalue weighted by atomic mass is 10.1. The van der Waals surface area contributed by atoms with Crippen LogP contribution in [0.15, 0.2) is 12.1 Å². The maximum Gasteiger partial charge on any atom is 0.340 e. The number of carbonyl (C=O) groups is 1. The summed E-state index contributed by atoms with van der Waals surface area (Å²) in [4.78, 5) is 13.6. The molecule has 2 rings (SSSR count). The van der Waals surface area contributed by atoms with Gasteiger partial charge in [-0.2, -0.15) is 0 Å². The van der Waals surface area contributed by atoms with Crippen molar-refractivity contribution in [1.82, 2.24) is 0 Å². The summed E-state index contributed by atoms with van der Waals surface area (Å²) >= 11 is 0. The summed E-state index contributed by atoms with van der Waals surface area (Å²) < 4.78 is 18.8. The fourth-order valence-electron chi connectivity index (χ4n) is 2.66. The minimum absolute atomic E-state index is 0.111. The molecule has 1 aliphatic rings. The average molecular weight is 266 g/mol. The van der Waals surface area contributed by atoms with Crippen LogP contribution in [-0.4, -0.2) is 25.7 Å². The third-order valence-electron chi connectivity index (χ3n) is 3.68. The molecule has 5 heteroatoms. The number of hydrogen-bond donors (Lipinski definition) is 1. The molecule has 0 aliphatic carbocycles. The van der Waals surface area contributed by atoms with E-state index in [1.807, 2.05) is 4.90 Å². The Morgan fingerprint density at radius 2 is 2.32 bits per heavy atom. The third kappa shape index (κ3) is 2.50. The van der Waals surface area contributed by atoms with Gasteiger partial charge in [0, 0.05) is 18.3 Å². The molecule has 0 spiro atoms. The molecule has 1 aromatic carbocycles. The number of hydrogen-bond acceptors (Lipinski definition) is 4. The van der Waals surface area contributed by atoms with Crippen LogP contribution in [0.2, 0.25) is 0 Å². The predicted octanol–water partition coefficient (Wildman–Crippen LogP) is 2.57. The van der Waals surface area contributed by atoms with Crippen molar-refractivity contribution in [3.05, 3.63) is 23.5 Å². The van der Waals surface area contributed by atoms with Crippen LogP contribution in [0.4, 0.5) is 15.8 Å². The molecule has 0 aromatic heterocycles. The molecule has 4 nitrogen and oxygen atoms in total. The summed E-state index contributed by atoms with van der Waals surface area (Å²) in [6.07, 6.45) is 3.04. The van der Waals surface area contributed by atoms with Crippen LogP contribution in [0.3, 0.4) is 0 Å². The number of nitrogens with two attached hydrogens (primary N) is 1. The van der Waals surface area contributed by atoms with Gasteiger partial charge in [-0.15, -0.1) is 0 Å². The number of nitrogens with zero attached hydrogens (tertiary/aromatic N) is 1. The van der Waals surface area contributed by atoms with E-state index in [-0.39, 0.29) is 17.1 Å². The fourth-order valence-corrected chi connectivity index (χ4v) is 2.66.